The highest BCUT2D eigenvalue weighted by atomic mass is 19.1. The molecule has 2 aromatic rings. The van der Waals surface area contributed by atoms with Crippen molar-refractivity contribution in [3.05, 3.63) is 47.9 Å². The number of likely N-dealkylation sites (tertiary alicyclic amines) is 1. The molecule has 0 N–H and O–H groups in total. The van der Waals surface area contributed by atoms with E-state index < -0.39 is 11.6 Å². The number of benzene rings is 1. The highest BCUT2D eigenvalue weighted by molar-refractivity contribution is 5.88. The molecule has 2 fully saturated rings. The maximum atomic E-state index is 13.3. The van der Waals surface area contributed by atoms with Crippen LogP contribution in [0.5, 0.6) is 5.75 Å². The molecule has 2 aliphatic rings. The largest absolute Gasteiger partial charge is 0.490 e. The number of ether oxygens (including phenoxy) is 3. The Kier molecular flexibility index (Phi) is 5.33. The van der Waals surface area contributed by atoms with E-state index in [-0.39, 0.29) is 35.5 Å². The van der Waals surface area contributed by atoms with Crippen molar-refractivity contribution < 1.29 is 28.2 Å². The van der Waals surface area contributed by atoms with Gasteiger partial charge < -0.3 is 19.1 Å². The minimum atomic E-state index is -0.582. The second-order valence-electron chi connectivity index (χ2n) is 8.87. The highest BCUT2D eigenvalue weighted by Gasteiger charge is 2.59. The van der Waals surface area contributed by atoms with E-state index in [0.29, 0.717) is 30.1 Å². The topological polar surface area (TPSA) is 78.0 Å². The molecule has 1 aliphatic carbocycles. The number of amides is 1. The summed E-state index contributed by atoms with van der Waals surface area (Å²) >= 11 is 0. The number of hydrogen-bond acceptors (Lipinski definition) is 6. The molecule has 7 nitrogen and oxygen atoms in total. The van der Waals surface area contributed by atoms with Crippen LogP contribution in [0.15, 0.2) is 36.4 Å². The number of nitrogens with zero attached hydrogens (tertiary/aromatic N) is 2. The number of hydrogen-bond donors (Lipinski definition) is 0. The van der Waals surface area contributed by atoms with Gasteiger partial charge in [0.1, 0.15) is 23.3 Å². The summed E-state index contributed by atoms with van der Waals surface area (Å²) in [6.07, 6.45) is -0.360. The number of carbonyl (C=O) groups excluding carboxylic acids is 2. The molecule has 2 heterocycles. The minimum Gasteiger partial charge on any atom is -0.490 e. The number of esters is 1. The van der Waals surface area contributed by atoms with Gasteiger partial charge in [-0.15, -0.1) is 0 Å². The average molecular weight is 428 g/mol. The molecule has 31 heavy (non-hydrogen) atoms. The summed E-state index contributed by atoms with van der Waals surface area (Å²) in [5.74, 6) is -0.0170. The van der Waals surface area contributed by atoms with Gasteiger partial charge in [0.25, 0.3) is 0 Å². The number of piperidine rings is 1. The predicted molar refractivity (Wildman–Crippen MR) is 110 cm³/mol. The monoisotopic (exact) mass is 428 g/mol. The second-order valence-corrected chi connectivity index (χ2v) is 8.87. The van der Waals surface area contributed by atoms with Crippen molar-refractivity contribution in [1.82, 2.24) is 9.88 Å². The molecule has 164 valence electrons. The lowest BCUT2D eigenvalue weighted by Crippen LogP contribution is -2.38. The van der Waals surface area contributed by atoms with Crippen LogP contribution in [0.25, 0.3) is 11.3 Å². The van der Waals surface area contributed by atoms with Gasteiger partial charge >= 0.3 is 12.1 Å². The average Bonchev–Trinajstić information content (AvgIpc) is 3.14. The number of rotatable bonds is 4. The van der Waals surface area contributed by atoms with Crippen molar-refractivity contribution in [2.45, 2.75) is 32.5 Å². The number of aromatic nitrogens is 1. The second kappa shape index (κ2) is 7.83. The molecular weight excluding hydrogens is 403 g/mol. The van der Waals surface area contributed by atoms with Crippen molar-refractivity contribution in [2.75, 3.05) is 20.2 Å². The van der Waals surface area contributed by atoms with Crippen LogP contribution < -0.4 is 4.74 Å². The summed E-state index contributed by atoms with van der Waals surface area (Å²) in [6.45, 7) is 6.67. The lowest BCUT2D eigenvalue weighted by molar-refractivity contribution is 0.0253. The van der Waals surface area contributed by atoms with Crippen molar-refractivity contribution in [3.63, 3.8) is 0 Å². The molecule has 0 spiro atoms. The Hall–Kier alpha value is -3.16. The van der Waals surface area contributed by atoms with E-state index >= 15 is 0 Å². The smallest absolute Gasteiger partial charge is 0.410 e. The van der Waals surface area contributed by atoms with Gasteiger partial charge in [-0.2, -0.15) is 0 Å². The molecule has 8 heteroatoms. The number of methoxy groups -OCH3 is 1. The van der Waals surface area contributed by atoms with Crippen molar-refractivity contribution in [3.8, 4) is 17.0 Å². The number of carbonyl (C=O) groups is 2. The van der Waals surface area contributed by atoms with Crippen LogP contribution >= 0.6 is 0 Å². The predicted octanol–water partition coefficient (Wildman–Crippen LogP) is 3.92. The van der Waals surface area contributed by atoms with Gasteiger partial charge in [0, 0.05) is 42.6 Å². The fraction of sp³-hybridized carbons (Fsp3) is 0.435. The van der Waals surface area contributed by atoms with Gasteiger partial charge in [0.2, 0.25) is 0 Å². The summed E-state index contributed by atoms with van der Waals surface area (Å²) in [5.41, 5.74) is 0.724. The highest BCUT2D eigenvalue weighted by Crippen LogP contribution is 2.48. The summed E-state index contributed by atoms with van der Waals surface area (Å²) in [6, 6.07) is 9.11. The Balaban J connectivity index is 1.47. The molecular formula is C23H25FN2O5. The SMILES string of the molecule is COC(=O)c1cc(OC2[C@H]3CN(C(=O)OC(C)(C)C)C[C@@H]23)cc(-c2ccc(F)cc2)n1. The van der Waals surface area contributed by atoms with Gasteiger partial charge in [0.05, 0.1) is 12.8 Å². The van der Waals surface area contributed by atoms with Crippen LogP contribution in [0, 0.1) is 17.7 Å². The van der Waals surface area contributed by atoms with E-state index in [1.165, 1.54) is 19.2 Å². The standard InChI is InChI=1S/C23H25FN2O5/c1-23(2,3)31-22(28)26-11-16-17(12-26)20(16)30-15-9-18(13-5-7-14(24)8-6-13)25-19(10-15)21(27)29-4/h5-10,16-17,20H,11-12H2,1-4H3/t16-,17+,20?. The van der Waals surface area contributed by atoms with Crippen molar-refractivity contribution in [1.29, 1.82) is 0 Å². The number of fused-ring (bicyclic) bond motifs is 1. The first-order valence-electron chi connectivity index (χ1n) is 10.2. The van der Waals surface area contributed by atoms with Crippen LogP contribution in [-0.4, -0.2) is 53.9 Å². The van der Waals surface area contributed by atoms with Gasteiger partial charge in [-0.25, -0.2) is 19.0 Å². The normalized spacial score (nSPS) is 22.0. The van der Waals surface area contributed by atoms with Crippen molar-refractivity contribution in [2.24, 2.45) is 11.8 Å². The first-order chi connectivity index (χ1) is 14.6. The maximum absolute atomic E-state index is 13.3. The third kappa shape index (κ3) is 4.62. The van der Waals surface area contributed by atoms with Crippen LogP contribution in [0.4, 0.5) is 9.18 Å². The van der Waals surface area contributed by atoms with E-state index in [0.717, 1.165) is 0 Å². The maximum Gasteiger partial charge on any atom is 0.410 e. The Morgan fingerprint density at radius 1 is 1.10 bits per heavy atom. The third-order valence-electron chi connectivity index (χ3n) is 5.37. The molecule has 1 amide bonds. The van der Waals surface area contributed by atoms with E-state index in [1.54, 1.807) is 29.2 Å². The quantitative estimate of drug-likeness (QED) is 0.687. The Morgan fingerprint density at radius 2 is 1.74 bits per heavy atom. The van der Waals surface area contributed by atoms with Gasteiger partial charge in [-0.05, 0) is 45.0 Å². The molecule has 1 saturated carbocycles. The molecule has 1 aliphatic heterocycles. The zero-order chi connectivity index (χ0) is 22.3. The van der Waals surface area contributed by atoms with Crippen LogP contribution in [0.3, 0.4) is 0 Å². The minimum absolute atomic E-state index is 0.0485. The summed E-state index contributed by atoms with van der Waals surface area (Å²) in [4.78, 5) is 30.4. The third-order valence-corrected chi connectivity index (χ3v) is 5.37. The van der Waals surface area contributed by atoms with E-state index in [9.17, 15) is 14.0 Å². The number of halogens is 1. The van der Waals surface area contributed by atoms with Gasteiger partial charge in [0.15, 0.2) is 5.69 Å². The zero-order valence-corrected chi connectivity index (χ0v) is 17.9. The van der Waals surface area contributed by atoms with Crippen LogP contribution in [-0.2, 0) is 9.47 Å². The lowest BCUT2D eigenvalue weighted by Gasteiger charge is -2.26. The molecule has 4 rings (SSSR count). The van der Waals surface area contributed by atoms with E-state index in [4.69, 9.17) is 14.2 Å². The molecule has 0 bridgehead atoms. The summed E-state index contributed by atoms with van der Waals surface area (Å²) in [7, 11) is 1.28. The first-order valence-corrected chi connectivity index (χ1v) is 10.2. The van der Waals surface area contributed by atoms with Crippen LogP contribution in [0.2, 0.25) is 0 Å². The first kappa shape index (κ1) is 21.1. The lowest BCUT2D eigenvalue weighted by atomic mass is 10.1. The van der Waals surface area contributed by atoms with Gasteiger partial charge in [-0.1, -0.05) is 0 Å². The fourth-order valence-electron chi connectivity index (χ4n) is 3.83. The Bertz CT molecular complexity index is 990. The zero-order valence-electron chi connectivity index (χ0n) is 17.9. The number of pyridine rings is 1. The van der Waals surface area contributed by atoms with E-state index in [2.05, 4.69) is 4.98 Å². The molecule has 1 unspecified atom stereocenters. The molecule has 1 aromatic carbocycles. The molecule has 3 atom stereocenters. The Morgan fingerprint density at radius 3 is 2.32 bits per heavy atom. The Labute approximate surface area is 180 Å². The fourth-order valence-corrected chi connectivity index (χ4v) is 3.83. The van der Waals surface area contributed by atoms with Gasteiger partial charge in [-0.3, -0.25) is 0 Å². The molecule has 1 aromatic heterocycles. The van der Waals surface area contributed by atoms with Crippen molar-refractivity contribution >= 4 is 12.1 Å². The molecule has 1 saturated heterocycles. The van der Waals surface area contributed by atoms with Crippen LogP contribution in [0.1, 0.15) is 31.3 Å². The summed E-state index contributed by atoms with van der Waals surface area (Å²) < 4.78 is 29.7. The molecule has 0 radical (unpaired) electrons. The van der Waals surface area contributed by atoms with E-state index in [1.807, 2.05) is 20.8 Å². The summed E-state index contributed by atoms with van der Waals surface area (Å²) in [5, 5.41) is 0.